The van der Waals surface area contributed by atoms with Gasteiger partial charge in [0.05, 0.1) is 6.61 Å². The van der Waals surface area contributed by atoms with E-state index in [1.165, 1.54) is 6.20 Å². The predicted octanol–water partition coefficient (Wildman–Crippen LogP) is 1.08. The number of amides is 1. The van der Waals surface area contributed by atoms with Gasteiger partial charge in [0.25, 0.3) is 0 Å². The van der Waals surface area contributed by atoms with Gasteiger partial charge in [-0.1, -0.05) is 6.07 Å². The zero-order valence-electron chi connectivity index (χ0n) is 9.21. The van der Waals surface area contributed by atoms with Gasteiger partial charge in [0.15, 0.2) is 5.69 Å². The maximum Gasteiger partial charge on any atom is 0.358 e. The first kappa shape index (κ1) is 11.1. The van der Waals surface area contributed by atoms with Gasteiger partial charge in [-0.3, -0.25) is 9.20 Å². The van der Waals surface area contributed by atoms with E-state index in [1.807, 2.05) is 0 Å². The molecule has 17 heavy (non-hydrogen) atoms. The van der Waals surface area contributed by atoms with Crippen LogP contribution in [0.15, 0.2) is 24.4 Å². The van der Waals surface area contributed by atoms with Crippen molar-refractivity contribution in [2.45, 2.75) is 6.92 Å². The molecule has 1 amide bonds. The van der Waals surface area contributed by atoms with Crippen molar-refractivity contribution in [1.82, 2.24) is 9.38 Å². The molecule has 0 radical (unpaired) electrons. The van der Waals surface area contributed by atoms with Gasteiger partial charge in [0, 0.05) is 6.20 Å². The molecule has 0 aliphatic carbocycles. The van der Waals surface area contributed by atoms with E-state index in [4.69, 9.17) is 4.74 Å². The molecule has 0 saturated carbocycles. The van der Waals surface area contributed by atoms with Gasteiger partial charge in [-0.15, -0.1) is 0 Å². The first-order chi connectivity index (χ1) is 8.26. The Hall–Kier alpha value is -2.37. The smallest absolute Gasteiger partial charge is 0.358 e. The van der Waals surface area contributed by atoms with Gasteiger partial charge in [-0.05, 0) is 19.1 Å². The van der Waals surface area contributed by atoms with E-state index >= 15 is 0 Å². The van der Waals surface area contributed by atoms with Crippen molar-refractivity contribution in [2.75, 3.05) is 11.9 Å². The fourth-order valence-corrected chi connectivity index (χ4v) is 1.49. The molecule has 6 heteroatoms. The van der Waals surface area contributed by atoms with Gasteiger partial charge in [0.1, 0.15) is 11.5 Å². The minimum Gasteiger partial charge on any atom is -0.461 e. The second kappa shape index (κ2) is 4.65. The number of hydrogen-bond donors (Lipinski definition) is 1. The lowest BCUT2D eigenvalue weighted by molar-refractivity contribution is -0.105. The Kier molecular flexibility index (Phi) is 3.04. The highest BCUT2D eigenvalue weighted by atomic mass is 16.5. The summed E-state index contributed by atoms with van der Waals surface area (Å²) in [6, 6.07) is 5.18. The van der Waals surface area contributed by atoms with E-state index in [1.54, 1.807) is 29.5 Å². The fourth-order valence-electron chi connectivity index (χ4n) is 1.49. The van der Waals surface area contributed by atoms with E-state index in [9.17, 15) is 9.59 Å². The minimum absolute atomic E-state index is 0.215. The lowest BCUT2D eigenvalue weighted by Gasteiger charge is -2.01. The van der Waals surface area contributed by atoms with Crippen molar-refractivity contribution in [3.63, 3.8) is 0 Å². The molecule has 0 atom stereocenters. The van der Waals surface area contributed by atoms with Crippen LogP contribution in [0.4, 0.5) is 5.82 Å². The zero-order chi connectivity index (χ0) is 12.3. The van der Waals surface area contributed by atoms with E-state index in [-0.39, 0.29) is 5.69 Å². The van der Waals surface area contributed by atoms with Gasteiger partial charge in [0.2, 0.25) is 6.41 Å². The lowest BCUT2D eigenvalue weighted by Crippen LogP contribution is -2.04. The van der Waals surface area contributed by atoms with Crippen molar-refractivity contribution in [2.24, 2.45) is 0 Å². The molecule has 2 aromatic heterocycles. The largest absolute Gasteiger partial charge is 0.461 e. The van der Waals surface area contributed by atoms with Crippen LogP contribution in [-0.2, 0) is 9.53 Å². The summed E-state index contributed by atoms with van der Waals surface area (Å²) in [5.74, 6) is 0.0637. The number of hydrogen-bond acceptors (Lipinski definition) is 4. The number of rotatable bonds is 4. The van der Waals surface area contributed by atoms with Gasteiger partial charge < -0.3 is 10.1 Å². The van der Waals surface area contributed by atoms with E-state index in [2.05, 4.69) is 10.3 Å². The van der Waals surface area contributed by atoms with E-state index in [0.717, 1.165) is 0 Å². The summed E-state index contributed by atoms with van der Waals surface area (Å²) in [5.41, 5.74) is 0.784. The summed E-state index contributed by atoms with van der Waals surface area (Å²) in [4.78, 5) is 26.0. The molecular formula is C11H11N3O3. The number of anilines is 1. The molecule has 0 bridgehead atoms. The average molecular weight is 233 g/mol. The second-order valence-electron chi connectivity index (χ2n) is 3.25. The summed E-state index contributed by atoms with van der Waals surface area (Å²) in [6.45, 7) is 2.03. The van der Waals surface area contributed by atoms with Crippen molar-refractivity contribution in [3.05, 3.63) is 30.1 Å². The maximum atomic E-state index is 11.5. The highest BCUT2D eigenvalue weighted by Gasteiger charge is 2.12. The van der Waals surface area contributed by atoms with E-state index in [0.29, 0.717) is 24.5 Å². The third-order valence-electron chi connectivity index (χ3n) is 2.18. The van der Waals surface area contributed by atoms with Gasteiger partial charge in [-0.2, -0.15) is 0 Å². The summed E-state index contributed by atoms with van der Waals surface area (Å²) >= 11 is 0. The molecule has 0 saturated heterocycles. The van der Waals surface area contributed by atoms with Crippen LogP contribution in [0.5, 0.6) is 0 Å². The summed E-state index contributed by atoms with van der Waals surface area (Å²) in [5, 5.41) is 2.53. The molecule has 1 N–H and O–H groups in total. The second-order valence-corrected chi connectivity index (χ2v) is 3.25. The van der Waals surface area contributed by atoms with Crippen molar-refractivity contribution < 1.29 is 14.3 Å². The van der Waals surface area contributed by atoms with Crippen LogP contribution in [0, 0.1) is 0 Å². The molecule has 0 fully saturated rings. The first-order valence-corrected chi connectivity index (χ1v) is 5.11. The Morgan fingerprint density at radius 1 is 1.59 bits per heavy atom. The number of carbonyl (C=O) groups is 2. The first-order valence-electron chi connectivity index (χ1n) is 5.11. The van der Waals surface area contributed by atoms with Crippen molar-refractivity contribution in [1.29, 1.82) is 0 Å². The molecule has 2 aromatic rings. The summed E-state index contributed by atoms with van der Waals surface area (Å²) < 4.78 is 6.46. The van der Waals surface area contributed by atoms with Crippen molar-refractivity contribution in [3.8, 4) is 0 Å². The van der Waals surface area contributed by atoms with Crippen LogP contribution in [0.1, 0.15) is 17.4 Å². The molecule has 88 valence electrons. The number of esters is 1. The number of nitrogens with zero attached hydrogens (tertiary/aromatic N) is 2. The fraction of sp³-hybridized carbons (Fsp3) is 0.182. The quantitative estimate of drug-likeness (QED) is 0.633. The number of nitrogens with one attached hydrogen (secondary N) is 1. The van der Waals surface area contributed by atoms with Gasteiger partial charge >= 0.3 is 5.97 Å². The minimum atomic E-state index is -0.478. The SMILES string of the molecule is CCOC(=O)c1cn2c(NC=O)cccc2n1. The van der Waals surface area contributed by atoms with Crippen LogP contribution in [0.2, 0.25) is 0 Å². The number of aromatic nitrogens is 2. The Bertz CT molecular complexity index is 562. The number of ether oxygens (including phenoxy) is 1. The maximum absolute atomic E-state index is 11.5. The Balaban J connectivity index is 2.45. The average Bonchev–Trinajstić information content (AvgIpc) is 2.75. The molecule has 0 aromatic carbocycles. The summed E-state index contributed by atoms with van der Waals surface area (Å²) in [7, 11) is 0. The van der Waals surface area contributed by atoms with Crippen molar-refractivity contribution >= 4 is 23.8 Å². The molecule has 0 spiro atoms. The molecule has 2 rings (SSSR count). The van der Waals surface area contributed by atoms with Crippen LogP contribution in [0.3, 0.4) is 0 Å². The predicted molar refractivity (Wildman–Crippen MR) is 60.8 cm³/mol. The highest BCUT2D eigenvalue weighted by molar-refractivity contribution is 5.88. The number of pyridine rings is 1. The van der Waals surface area contributed by atoms with Crippen LogP contribution in [0.25, 0.3) is 5.65 Å². The third kappa shape index (κ3) is 2.10. The Morgan fingerprint density at radius 2 is 2.41 bits per heavy atom. The highest BCUT2D eigenvalue weighted by Crippen LogP contribution is 2.13. The normalized spacial score (nSPS) is 10.2. The molecule has 0 unspecified atom stereocenters. The molecule has 0 aliphatic heterocycles. The standard InChI is InChI=1S/C11H11N3O3/c1-2-17-11(16)8-6-14-9(12-7-15)4-3-5-10(14)13-8/h3-7H,2H2,1H3,(H,12,15). The number of imidazole rings is 1. The molecular weight excluding hydrogens is 222 g/mol. The van der Waals surface area contributed by atoms with Gasteiger partial charge in [-0.25, -0.2) is 9.78 Å². The molecule has 6 nitrogen and oxygen atoms in total. The number of carbonyl (C=O) groups excluding carboxylic acids is 2. The lowest BCUT2D eigenvalue weighted by atomic mass is 10.4. The van der Waals surface area contributed by atoms with Crippen LogP contribution >= 0.6 is 0 Å². The number of fused-ring (bicyclic) bond motifs is 1. The zero-order valence-corrected chi connectivity index (χ0v) is 9.21. The molecule has 2 heterocycles. The Morgan fingerprint density at radius 3 is 3.12 bits per heavy atom. The van der Waals surface area contributed by atoms with Crippen LogP contribution in [-0.4, -0.2) is 28.4 Å². The van der Waals surface area contributed by atoms with E-state index < -0.39 is 5.97 Å². The van der Waals surface area contributed by atoms with Crippen LogP contribution < -0.4 is 5.32 Å². The monoisotopic (exact) mass is 233 g/mol. The Labute approximate surface area is 97.2 Å². The summed E-state index contributed by atoms with van der Waals surface area (Å²) in [6.07, 6.45) is 2.10. The third-order valence-corrected chi connectivity index (χ3v) is 2.18. The topological polar surface area (TPSA) is 72.7 Å². The molecule has 0 aliphatic rings.